The van der Waals surface area contributed by atoms with Crippen molar-refractivity contribution in [3.63, 3.8) is 0 Å². The highest BCUT2D eigenvalue weighted by atomic mass is 19.1. The van der Waals surface area contributed by atoms with Crippen molar-refractivity contribution >= 4 is 0 Å². The molecule has 1 aromatic rings. The fraction of sp³-hybridized carbons (Fsp3) is 0.647. The second kappa shape index (κ2) is 6.68. The first-order chi connectivity index (χ1) is 9.53. The third kappa shape index (κ3) is 3.58. The smallest absolute Gasteiger partial charge is 0.126 e. The average molecular weight is 278 g/mol. The summed E-state index contributed by atoms with van der Waals surface area (Å²) in [6.07, 6.45) is 5.91. The zero-order valence-electron chi connectivity index (χ0n) is 13.0. The molecule has 0 bridgehead atoms. The number of nitrogens with zero attached hydrogens (tertiary/aromatic N) is 1. The maximum atomic E-state index is 13.7. The van der Waals surface area contributed by atoms with E-state index in [1.165, 1.54) is 25.7 Å². The third-order valence-corrected chi connectivity index (χ3v) is 4.75. The standard InChI is InChI=1S/C17H27FN2/c1-14(12-15-8-4-5-9-16(15)18)19-13-17(20(2)3)10-6-7-11-17/h4-5,8-9,14,19H,6-7,10-13H2,1-3H3. The van der Waals surface area contributed by atoms with Crippen LogP contribution in [0.3, 0.4) is 0 Å². The van der Waals surface area contributed by atoms with E-state index in [1.807, 2.05) is 12.1 Å². The Labute approximate surface area is 122 Å². The molecule has 2 rings (SSSR count). The van der Waals surface area contributed by atoms with Crippen LogP contribution in [-0.2, 0) is 6.42 Å². The van der Waals surface area contributed by atoms with Crippen LogP contribution >= 0.6 is 0 Å². The number of rotatable bonds is 6. The highest BCUT2D eigenvalue weighted by Gasteiger charge is 2.35. The summed E-state index contributed by atoms with van der Waals surface area (Å²) in [5.41, 5.74) is 1.10. The molecule has 1 atom stereocenters. The van der Waals surface area contributed by atoms with Gasteiger partial charge >= 0.3 is 0 Å². The fourth-order valence-corrected chi connectivity index (χ4v) is 3.25. The summed E-state index contributed by atoms with van der Waals surface area (Å²) < 4.78 is 13.7. The minimum absolute atomic E-state index is 0.0932. The van der Waals surface area contributed by atoms with Crippen molar-refractivity contribution in [1.82, 2.24) is 10.2 Å². The van der Waals surface area contributed by atoms with Gasteiger partial charge in [0, 0.05) is 18.1 Å². The lowest BCUT2D eigenvalue weighted by atomic mass is 9.95. The van der Waals surface area contributed by atoms with Gasteiger partial charge in [-0.15, -0.1) is 0 Å². The largest absolute Gasteiger partial charge is 0.312 e. The molecule has 20 heavy (non-hydrogen) atoms. The summed E-state index contributed by atoms with van der Waals surface area (Å²) in [4.78, 5) is 2.36. The first-order valence-electron chi connectivity index (χ1n) is 7.68. The molecule has 1 aliphatic rings. The van der Waals surface area contributed by atoms with Crippen molar-refractivity contribution in [1.29, 1.82) is 0 Å². The van der Waals surface area contributed by atoms with Crippen LogP contribution in [0.5, 0.6) is 0 Å². The van der Waals surface area contributed by atoms with Crippen LogP contribution in [0, 0.1) is 5.82 Å². The Morgan fingerprint density at radius 3 is 2.50 bits per heavy atom. The number of hydrogen-bond donors (Lipinski definition) is 1. The van der Waals surface area contributed by atoms with E-state index in [2.05, 4.69) is 31.2 Å². The normalized spacial score (nSPS) is 19.4. The van der Waals surface area contributed by atoms with Crippen LogP contribution in [0.2, 0.25) is 0 Å². The monoisotopic (exact) mass is 278 g/mol. The van der Waals surface area contributed by atoms with E-state index in [1.54, 1.807) is 12.1 Å². The number of benzene rings is 1. The van der Waals surface area contributed by atoms with E-state index in [4.69, 9.17) is 0 Å². The molecule has 1 saturated carbocycles. The molecule has 2 nitrogen and oxygen atoms in total. The van der Waals surface area contributed by atoms with Crippen LogP contribution in [0.25, 0.3) is 0 Å². The van der Waals surface area contributed by atoms with Crippen LogP contribution in [0.1, 0.15) is 38.2 Å². The Morgan fingerprint density at radius 1 is 1.25 bits per heavy atom. The van der Waals surface area contributed by atoms with E-state index in [0.29, 0.717) is 11.6 Å². The predicted octanol–water partition coefficient (Wildman–Crippen LogP) is 3.22. The summed E-state index contributed by atoms with van der Waals surface area (Å²) in [6.45, 7) is 3.14. The molecule has 0 heterocycles. The third-order valence-electron chi connectivity index (χ3n) is 4.75. The second-order valence-electron chi connectivity index (χ2n) is 6.40. The molecule has 1 fully saturated rings. The van der Waals surface area contributed by atoms with Gasteiger partial charge in [0.1, 0.15) is 5.82 Å². The second-order valence-corrected chi connectivity index (χ2v) is 6.40. The quantitative estimate of drug-likeness (QED) is 0.859. The molecule has 1 N–H and O–H groups in total. The molecule has 112 valence electrons. The van der Waals surface area contributed by atoms with Crippen LogP contribution < -0.4 is 5.32 Å². The van der Waals surface area contributed by atoms with Crippen LogP contribution in [0.4, 0.5) is 4.39 Å². The molecule has 0 aromatic heterocycles. The van der Waals surface area contributed by atoms with Gasteiger partial charge in [-0.25, -0.2) is 4.39 Å². The summed E-state index contributed by atoms with van der Waals surface area (Å²) in [5.74, 6) is -0.0932. The topological polar surface area (TPSA) is 15.3 Å². The number of likely N-dealkylation sites (N-methyl/N-ethyl adjacent to an activating group) is 1. The van der Waals surface area contributed by atoms with Crippen molar-refractivity contribution < 1.29 is 4.39 Å². The maximum absolute atomic E-state index is 13.7. The van der Waals surface area contributed by atoms with E-state index < -0.39 is 0 Å². The first kappa shape index (κ1) is 15.5. The summed E-state index contributed by atoms with van der Waals surface area (Å²) in [7, 11) is 4.35. The minimum atomic E-state index is -0.0932. The highest BCUT2D eigenvalue weighted by molar-refractivity contribution is 5.18. The molecule has 0 amide bonds. The van der Waals surface area contributed by atoms with Crippen molar-refractivity contribution in [2.24, 2.45) is 0 Å². The van der Waals surface area contributed by atoms with Gasteiger partial charge in [-0.1, -0.05) is 31.0 Å². The number of halogens is 1. The van der Waals surface area contributed by atoms with E-state index >= 15 is 0 Å². The van der Waals surface area contributed by atoms with Gasteiger partial charge in [-0.3, -0.25) is 0 Å². The van der Waals surface area contributed by atoms with Crippen LogP contribution in [-0.4, -0.2) is 37.1 Å². The van der Waals surface area contributed by atoms with Crippen molar-refractivity contribution in [3.8, 4) is 0 Å². The zero-order valence-corrected chi connectivity index (χ0v) is 13.0. The Balaban J connectivity index is 1.89. The predicted molar refractivity (Wildman–Crippen MR) is 82.5 cm³/mol. The molecule has 1 aromatic carbocycles. The van der Waals surface area contributed by atoms with E-state index in [0.717, 1.165) is 18.5 Å². The average Bonchev–Trinajstić information content (AvgIpc) is 2.89. The van der Waals surface area contributed by atoms with Crippen molar-refractivity contribution in [3.05, 3.63) is 35.6 Å². The van der Waals surface area contributed by atoms with Gasteiger partial charge in [0.2, 0.25) is 0 Å². The lowest BCUT2D eigenvalue weighted by Gasteiger charge is -2.37. The number of hydrogen-bond acceptors (Lipinski definition) is 2. The van der Waals surface area contributed by atoms with E-state index in [-0.39, 0.29) is 5.82 Å². The van der Waals surface area contributed by atoms with Crippen molar-refractivity contribution in [2.75, 3.05) is 20.6 Å². The maximum Gasteiger partial charge on any atom is 0.126 e. The highest BCUT2D eigenvalue weighted by Crippen LogP contribution is 2.33. The van der Waals surface area contributed by atoms with Gasteiger partial charge in [0.05, 0.1) is 0 Å². The zero-order chi connectivity index (χ0) is 14.6. The lowest BCUT2D eigenvalue weighted by molar-refractivity contribution is 0.150. The number of nitrogens with one attached hydrogen (secondary N) is 1. The molecule has 1 aliphatic carbocycles. The van der Waals surface area contributed by atoms with Gasteiger partial charge in [0.15, 0.2) is 0 Å². The molecule has 0 radical (unpaired) electrons. The molecular formula is C17H27FN2. The summed E-state index contributed by atoms with van der Waals surface area (Å²) in [5, 5.41) is 3.61. The molecule has 1 unspecified atom stereocenters. The molecule has 0 saturated heterocycles. The summed E-state index contributed by atoms with van der Waals surface area (Å²) >= 11 is 0. The molecular weight excluding hydrogens is 251 g/mol. The molecule has 0 spiro atoms. The Kier molecular flexibility index (Phi) is 5.17. The first-order valence-corrected chi connectivity index (χ1v) is 7.68. The van der Waals surface area contributed by atoms with E-state index in [9.17, 15) is 4.39 Å². The molecule has 0 aliphatic heterocycles. The van der Waals surface area contributed by atoms with Crippen molar-refractivity contribution in [2.45, 2.75) is 50.6 Å². The minimum Gasteiger partial charge on any atom is -0.312 e. The molecule has 3 heteroatoms. The SMILES string of the molecule is CC(Cc1ccccc1F)NCC1(N(C)C)CCCC1. The Hall–Kier alpha value is -0.930. The Morgan fingerprint density at radius 2 is 1.90 bits per heavy atom. The van der Waals surface area contributed by atoms with Gasteiger partial charge in [-0.2, -0.15) is 0 Å². The lowest BCUT2D eigenvalue weighted by Crippen LogP contribution is -2.51. The Bertz CT molecular complexity index is 425. The van der Waals surface area contributed by atoms with Crippen LogP contribution in [0.15, 0.2) is 24.3 Å². The van der Waals surface area contributed by atoms with Gasteiger partial charge in [-0.05, 0) is 51.9 Å². The fourth-order valence-electron chi connectivity index (χ4n) is 3.25. The summed E-state index contributed by atoms with van der Waals surface area (Å²) in [6, 6.07) is 7.37. The van der Waals surface area contributed by atoms with Gasteiger partial charge in [0.25, 0.3) is 0 Å². The van der Waals surface area contributed by atoms with Gasteiger partial charge < -0.3 is 10.2 Å².